The molecule has 64 valence electrons. The fourth-order valence-electron chi connectivity index (χ4n) is 1.81. The molecule has 1 unspecified atom stereocenters. The van der Waals surface area contributed by atoms with Crippen molar-refractivity contribution in [3.8, 4) is 0 Å². The van der Waals surface area contributed by atoms with Gasteiger partial charge in [0.25, 0.3) is 0 Å². The molecule has 1 aliphatic rings. The highest BCUT2D eigenvalue weighted by Gasteiger charge is 2.24. The maximum Gasteiger partial charge on any atom is 0.140 e. The van der Waals surface area contributed by atoms with E-state index in [0.29, 0.717) is 5.78 Å². The zero-order valence-electron chi connectivity index (χ0n) is 6.95. The van der Waals surface area contributed by atoms with Crippen LogP contribution < -0.4 is 0 Å². The Labute approximate surface area is 71.6 Å². The van der Waals surface area contributed by atoms with E-state index >= 15 is 0 Å². The Kier molecular flexibility index (Phi) is 1.98. The lowest BCUT2D eigenvalue weighted by atomic mass is 9.84. The summed E-state index contributed by atoms with van der Waals surface area (Å²) < 4.78 is 4.96. The Hall–Kier alpha value is -1.05. The molecule has 2 heteroatoms. The van der Waals surface area contributed by atoms with Crippen LogP contribution in [0, 0.1) is 0 Å². The molecule has 1 saturated carbocycles. The summed E-state index contributed by atoms with van der Waals surface area (Å²) >= 11 is 0. The van der Waals surface area contributed by atoms with Gasteiger partial charge in [0.15, 0.2) is 0 Å². The molecule has 0 amide bonds. The molecule has 1 aliphatic carbocycles. The first-order valence-corrected chi connectivity index (χ1v) is 4.43. The largest absolute Gasteiger partial charge is 0.472 e. The average Bonchev–Trinajstić information content (AvgIpc) is 2.57. The molecule has 1 aromatic rings. The van der Waals surface area contributed by atoms with E-state index < -0.39 is 0 Å². The van der Waals surface area contributed by atoms with E-state index in [9.17, 15) is 4.79 Å². The number of Topliss-reactive ketones (excluding diaryl/α,β-unsaturated/α-hetero) is 1. The highest BCUT2D eigenvalue weighted by Crippen LogP contribution is 2.29. The third-order valence-corrected chi connectivity index (χ3v) is 2.50. The molecule has 0 bridgehead atoms. The summed E-state index contributed by atoms with van der Waals surface area (Å²) in [6.45, 7) is 0. The van der Waals surface area contributed by atoms with Gasteiger partial charge in [-0.25, -0.2) is 0 Å². The number of carbonyl (C=O) groups is 1. The summed E-state index contributed by atoms with van der Waals surface area (Å²) in [4.78, 5) is 11.5. The Morgan fingerprint density at radius 1 is 1.42 bits per heavy atom. The van der Waals surface area contributed by atoms with E-state index in [4.69, 9.17) is 4.42 Å². The number of carbonyl (C=O) groups excluding carboxylic acids is 1. The van der Waals surface area contributed by atoms with Crippen molar-refractivity contribution in [2.75, 3.05) is 0 Å². The minimum absolute atomic E-state index is 0.123. The second-order valence-corrected chi connectivity index (χ2v) is 3.32. The number of hydrogen-bond donors (Lipinski definition) is 0. The van der Waals surface area contributed by atoms with Crippen LogP contribution in [0.25, 0.3) is 0 Å². The number of ketones is 1. The number of rotatable bonds is 1. The molecular weight excluding hydrogens is 152 g/mol. The Morgan fingerprint density at radius 3 is 3.00 bits per heavy atom. The van der Waals surface area contributed by atoms with Crippen LogP contribution in [0.5, 0.6) is 0 Å². The molecule has 0 saturated heterocycles. The van der Waals surface area contributed by atoms with Gasteiger partial charge in [-0.15, -0.1) is 0 Å². The van der Waals surface area contributed by atoms with Crippen molar-refractivity contribution in [2.45, 2.75) is 31.6 Å². The third kappa shape index (κ3) is 1.29. The van der Waals surface area contributed by atoms with E-state index in [1.54, 1.807) is 12.5 Å². The standard InChI is InChI=1S/C10H12O2/c11-10-4-2-1-3-9(10)8-5-6-12-7-8/h5-7,9H,1-4H2. The molecule has 2 rings (SSSR count). The number of hydrogen-bond acceptors (Lipinski definition) is 2. The summed E-state index contributed by atoms with van der Waals surface area (Å²) in [6.07, 6.45) is 7.30. The SMILES string of the molecule is O=C1CCCCC1c1ccoc1. The summed E-state index contributed by atoms with van der Waals surface area (Å²) in [5, 5.41) is 0. The van der Waals surface area contributed by atoms with Crippen molar-refractivity contribution in [2.24, 2.45) is 0 Å². The van der Waals surface area contributed by atoms with Crippen LogP contribution in [0.2, 0.25) is 0 Å². The molecule has 0 N–H and O–H groups in total. The molecule has 1 heterocycles. The van der Waals surface area contributed by atoms with Crippen molar-refractivity contribution in [1.82, 2.24) is 0 Å². The van der Waals surface area contributed by atoms with E-state index in [1.165, 1.54) is 6.42 Å². The van der Waals surface area contributed by atoms with Gasteiger partial charge in [-0.3, -0.25) is 4.79 Å². The van der Waals surface area contributed by atoms with Crippen LogP contribution in [0.15, 0.2) is 23.0 Å². The molecule has 1 aromatic heterocycles. The van der Waals surface area contributed by atoms with E-state index in [1.807, 2.05) is 6.07 Å². The molecule has 2 nitrogen and oxygen atoms in total. The van der Waals surface area contributed by atoms with Gasteiger partial charge in [0.1, 0.15) is 5.78 Å². The lowest BCUT2D eigenvalue weighted by Crippen LogP contribution is -2.16. The van der Waals surface area contributed by atoms with Gasteiger partial charge < -0.3 is 4.42 Å². The highest BCUT2D eigenvalue weighted by atomic mass is 16.3. The van der Waals surface area contributed by atoms with Crippen molar-refractivity contribution in [1.29, 1.82) is 0 Å². The van der Waals surface area contributed by atoms with E-state index in [-0.39, 0.29) is 5.92 Å². The normalized spacial score (nSPS) is 24.3. The molecular formula is C10H12O2. The quantitative estimate of drug-likeness (QED) is 0.638. The summed E-state index contributed by atoms with van der Waals surface area (Å²) in [5.74, 6) is 0.500. The molecule has 0 radical (unpaired) electrons. The van der Waals surface area contributed by atoms with Crippen molar-refractivity contribution in [3.05, 3.63) is 24.2 Å². The Balaban J connectivity index is 2.17. The monoisotopic (exact) mass is 164 g/mol. The molecule has 0 aromatic carbocycles. The van der Waals surface area contributed by atoms with Gasteiger partial charge in [-0.1, -0.05) is 6.42 Å². The summed E-state index contributed by atoms with van der Waals surface area (Å²) in [7, 11) is 0. The third-order valence-electron chi connectivity index (χ3n) is 2.50. The predicted molar refractivity (Wildman–Crippen MR) is 44.9 cm³/mol. The highest BCUT2D eigenvalue weighted by molar-refractivity contribution is 5.86. The van der Waals surface area contributed by atoms with Gasteiger partial charge in [-0.2, -0.15) is 0 Å². The summed E-state index contributed by atoms with van der Waals surface area (Å²) in [5.41, 5.74) is 1.06. The molecule has 1 atom stereocenters. The first-order chi connectivity index (χ1) is 5.88. The second-order valence-electron chi connectivity index (χ2n) is 3.32. The number of furan rings is 1. The molecule has 0 spiro atoms. The van der Waals surface area contributed by atoms with Crippen LogP contribution in [0.4, 0.5) is 0 Å². The Bertz CT molecular complexity index is 261. The van der Waals surface area contributed by atoms with Gasteiger partial charge in [0.2, 0.25) is 0 Å². The minimum Gasteiger partial charge on any atom is -0.472 e. The van der Waals surface area contributed by atoms with E-state index in [0.717, 1.165) is 24.8 Å². The summed E-state index contributed by atoms with van der Waals surface area (Å²) in [6, 6.07) is 1.90. The molecule has 1 fully saturated rings. The first kappa shape index (κ1) is 7.59. The zero-order valence-corrected chi connectivity index (χ0v) is 6.95. The van der Waals surface area contributed by atoms with Crippen LogP contribution in [0.3, 0.4) is 0 Å². The fraction of sp³-hybridized carbons (Fsp3) is 0.500. The maximum absolute atomic E-state index is 11.5. The Morgan fingerprint density at radius 2 is 2.33 bits per heavy atom. The predicted octanol–water partition coefficient (Wildman–Crippen LogP) is 2.51. The van der Waals surface area contributed by atoms with E-state index in [2.05, 4.69) is 0 Å². The zero-order chi connectivity index (χ0) is 8.39. The topological polar surface area (TPSA) is 30.2 Å². The lowest BCUT2D eigenvalue weighted by molar-refractivity contribution is -0.121. The van der Waals surface area contributed by atoms with Crippen molar-refractivity contribution >= 4 is 5.78 Å². The molecule has 0 aliphatic heterocycles. The van der Waals surface area contributed by atoms with Crippen LogP contribution in [-0.4, -0.2) is 5.78 Å². The lowest BCUT2D eigenvalue weighted by Gasteiger charge is -2.18. The fourth-order valence-corrected chi connectivity index (χ4v) is 1.81. The van der Waals surface area contributed by atoms with Crippen molar-refractivity contribution < 1.29 is 9.21 Å². The van der Waals surface area contributed by atoms with Crippen LogP contribution in [-0.2, 0) is 4.79 Å². The van der Waals surface area contributed by atoms with Crippen LogP contribution in [0.1, 0.15) is 37.2 Å². The average molecular weight is 164 g/mol. The smallest absolute Gasteiger partial charge is 0.140 e. The van der Waals surface area contributed by atoms with Gasteiger partial charge >= 0.3 is 0 Å². The second kappa shape index (κ2) is 3.13. The first-order valence-electron chi connectivity index (χ1n) is 4.43. The molecule has 12 heavy (non-hydrogen) atoms. The van der Waals surface area contributed by atoms with Crippen LogP contribution >= 0.6 is 0 Å². The minimum atomic E-state index is 0.123. The van der Waals surface area contributed by atoms with Crippen molar-refractivity contribution in [3.63, 3.8) is 0 Å². The van der Waals surface area contributed by atoms with Gasteiger partial charge in [-0.05, 0) is 18.9 Å². The van der Waals surface area contributed by atoms with Gasteiger partial charge in [0, 0.05) is 17.9 Å². The maximum atomic E-state index is 11.5. The van der Waals surface area contributed by atoms with Gasteiger partial charge in [0.05, 0.1) is 12.5 Å².